The zero-order chi connectivity index (χ0) is 25.2. The zero-order valence-electron chi connectivity index (χ0n) is 22.6. The molecule has 1 aromatic rings. The van der Waals surface area contributed by atoms with Crippen molar-refractivity contribution >= 4 is 7.82 Å². The van der Waals surface area contributed by atoms with Gasteiger partial charge in [-0.25, -0.2) is 0 Å². The summed E-state index contributed by atoms with van der Waals surface area (Å²) in [7, 11) is -1.97. The minimum Gasteiger partial charge on any atom is -0.756 e. The Morgan fingerprint density at radius 1 is 0.829 bits per heavy atom. The summed E-state index contributed by atoms with van der Waals surface area (Å²) in [6, 6.07) is 10.5. The van der Waals surface area contributed by atoms with E-state index in [4.69, 9.17) is 9.05 Å². The molecule has 1 heterocycles. The highest BCUT2D eigenvalue weighted by Crippen LogP contribution is 2.42. The Morgan fingerprint density at radius 2 is 1.31 bits per heavy atom. The maximum atomic E-state index is 12.3. The molecule has 5 nitrogen and oxygen atoms in total. The van der Waals surface area contributed by atoms with Gasteiger partial charge in [0.05, 0.1) is 32.8 Å². The Bertz CT molecular complexity index is 691. The first-order valence-electron chi connectivity index (χ1n) is 14.4. The van der Waals surface area contributed by atoms with Crippen molar-refractivity contribution in [2.75, 3.05) is 26.7 Å². The van der Waals surface area contributed by atoms with Gasteiger partial charge in [0.25, 0.3) is 7.82 Å². The minimum atomic E-state index is -4.21. The van der Waals surface area contributed by atoms with Crippen LogP contribution in [0.1, 0.15) is 115 Å². The average Bonchev–Trinajstić information content (AvgIpc) is 2.83. The lowest BCUT2D eigenvalue weighted by atomic mass is 10.0. The second kappa shape index (κ2) is 17.7. The highest BCUT2D eigenvalue weighted by atomic mass is 31.2. The summed E-state index contributed by atoms with van der Waals surface area (Å²) in [5, 5.41) is 0. The molecular formula is C29H52NO4P. The summed E-state index contributed by atoms with van der Waals surface area (Å²) in [4.78, 5) is 12.3. The number of unbranched alkanes of at least 4 members (excludes halogenated alkanes) is 13. The Balaban J connectivity index is 1.43. The molecule has 1 saturated heterocycles. The fourth-order valence-electron chi connectivity index (χ4n) is 5.14. The van der Waals surface area contributed by atoms with Gasteiger partial charge in [-0.05, 0) is 6.42 Å². The van der Waals surface area contributed by atoms with E-state index < -0.39 is 7.82 Å². The molecule has 6 heteroatoms. The number of quaternary nitrogens is 1. The van der Waals surface area contributed by atoms with Crippen LogP contribution in [0.3, 0.4) is 0 Å². The van der Waals surface area contributed by atoms with Gasteiger partial charge in [0.15, 0.2) is 0 Å². The summed E-state index contributed by atoms with van der Waals surface area (Å²) < 4.78 is 23.8. The summed E-state index contributed by atoms with van der Waals surface area (Å²) in [5.41, 5.74) is 1.32. The van der Waals surface area contributed by atoms with E-state index in [1.807, 2.05) is 6.07 Å². The molecule has 1 unspecified atom stereocenters. The van der Waals surface area contributed by atoms with Crippen LogP contribution in [-0.4, -0.2) is 37.3 Å². The lowest BCUT2D eigenvalue weighted by molar-refractivity contribution is -0.927. The van der Waals surface area contributed by atoms with E-state index in [0.29, 0.717) is 0 Å². The van der Waals surface area contributed by atoms with Crippen LogP contribution in [0.2, 0.25) is 0 Å². The number of hydrogen-bond acceptors (Lipinski definition) is 4. The molecule has 0 saturated carbocycles. The number of hydrogen-bond donors (Lipinski definition) is 0. The van der Waals surface area contributed by atoms with Crippen molar-refractivity contribution in [2.45, 2.75) is 122 Å². The third-order valence-electron chi connectivity index (χ3n) is 7.41. The van der Waals surface area contributed by atoms with Crippen molar-refractivity contribution in [1.29, 1.82) is 0 Å². The summed E-state index contributed by atoms with van der Waals surface area (Å²) in [6.07, 6.45) is 19.1. The standard InChI is InChI=1S/C29H52NO4P/c1-3-4-5-6-7-8-9-10-11-12-13-14-15-19-26-33-35(31,32)34-29-22-24-30(2,25-23-29)27-28-20-17-16-18-21-28/h16-18,20-21,29H,3-15,19,22-27H2,1-2H3. The van der Waals surface area contributed by atoms with Crippen LogP contribution >= 0.6 is 7.82 Å². The fourth-order valence-corrected chi connectivity index (χ4v) is 6.13. The molecule has 202 valence electrons. The number of piperidine rings is 1. The molecular weight excluding hydrogens is 457 g/mol. The first kappa shape index (κ1) is 30.5. The number of phosphoric ester groups is 1. The average molecular weight is 510 g/mol. The third kappa shape index (κ3) is 14.6. The second-order valence-corrected chi connectivity index (χ2v) is 12.3. The van der Waals surface area contributed by atoms with Gasteiger partial charge in [0.1, 0.15) is 6.54 Å². The molecule has 0 aromatic heterocycles. The SMILES string of the molecule is CCCCCCCCCCCCCCCCOP(=O)([O-])OC1CC[N+](C)(Cc2ccccc2)CC1. The van der Waals surface area contributed by atoms with Gasteiger partial charge >= 0.3 is 0 Å². The molecule has 1 fully saturated rings. The molecule has 2 rings (SSSR count). The predicted molar refractivity (Wildman–Crippen MR) is 144 cm³/mol. The van der Waals surface area contributed by atoms with Crippen LogP contribution in [0, 0.1) is 0 Å². The highest BCUT2D eigenvalue weighted by Gasteiger charge is 2.32. The number of nitrogens with zero attached hydrogens (tertiary/aromatic N) is 1. The molecule has 0 amide bonds. The quantitative estimate of drug-likeness (QED) is 0.102. The molecule has 1 aromatic carbocycles. The minimum absolute atomic E-state index is 0.243. The van der Waals surface area contributed by atoms with E-state index in [0.717, 1.165) is 56.2 Å². The van der Waals surface area contributed by atoms with Crippen molar-refractivity contribution < 1.29 is 23.0 Å². The van der Waals surface area contributed by atoms with E-state index in [2.05, 4.69) is 38.2 Å². The van der Waals surface area contributed by atoms with E-state index in [1.54, 1.807) is 0 Å². The maximum absolute atomic E-state index is 12.3. The van der Waals surface area contributed by atoms with Gasteiger partial charge < -0.3 is 18.4 Å². The van der Waals surface area contributed by atoms with Crippen LogP contribution in [0.15, 0.2) is 30.3 Å². The van der Waals surface area contributed by atoms with E-state index in [1.165, 1.54) is 76.2 Å². The first-order chi connectivity index (χ1) is 16.9. The lowest BCUT2D eigenvalue weighted by Crippen LogP contribution is -2.50. The van der Waals surface area contributed by atoms with Gasteiger partial charge in [-0.1, -0.05) is 121 Å². The lowest BCUT2D eigenvalue weighted by Gasteiger charge is -2.41. The summed E-state index contributed by atoms with van der Waals surface area (Å²) >= 11 is 0. The molecule has 1 aliphatic rings. The third-order valence-corrected chi connectivity index (χ3v) is 8.47. The monoisotopic (exact) mass is 509 g/mol. The maximum Gasteiger partial charge on any atom is 0.268 e. The highest BCUT2D eigenvalue weighted by molar-refractivity contribution is 7.45. The Kier molecular flexibility index (Phi) is 15.4. The summed E-state index contributed by atoms with van der Waals surface area (Å²) in [5.74, 6) is 0. The smallest absolute Gasteiger partial charge is 0.268 e. The van der Waals surface area contributed by atoms with E-state index in [9.17, 15) is 9.46 Å². The molecule has 0 radical (unpaired) electrons. The van der Waals surface area contributed by atoms with Gasteiger partial charge in [-0.3, -0.25) is 4.57 Å². The van der Waals surface area contributed by atoms with Gasteiger partial charge in [-0.2, -0.15) is 0 Å². The first-order valence-corrected chi connectivity index (χ1v) is 15.9. The second-order valence-electron chi connectivity index (χ2n) is 10.9. The van der Waals surface area contributed by atoms with Crippen molar-refractivity contribution in [3.8, 4) is 0 Å². The molecule has 1 atom stereocenters. The topological polar surface area (TPSA) is 58.6 Å². The van der Waals surface area contributed by atoms with Gasteiger partial charge in [-0.15, -0.1) is 0 Å². The molecule has 1 aliphatic heterocycles. The molecule has 0 bridgehead atoms. The molecule has 0 spiro atoms. The molecule has 0 N–H and O–H groups in total. The predicted octanol–water partition coefficient (Wildman–Crippen LogP) is 7.78. The number of rotatable bonds is 20. The van der Waals surface area contributed by atoms with Crippen molar-refractivity contribution in [3.63, 3.8) is 0 Å². The number of benzene rings is 1. The van der Waals surface area contributed by atoms with Gasteiger partial charge in [0.2, 0.25) is 0 Å². The molecule has 0 aliphatic carbocycles. The van der Waals surface area contributed by atoms with E-state index in [-0.39, 0.29) is 12.7 Å². The Hall–Kier alpha value is -0.710. The fraction of sp³-hybridized carbons (Fsp3) is 0.793. The van der Waals surface area contributed by atoms with Crippen molar-refractivity contribution in [2.24, 2.45) is 0 Å². The zero-order valence-corrected chi connectivity index (χ0v) is 23.5. The number of phosphoric acid groups is 1. The largest absolute Gasteiger partial charge is 0.756 e. The van der Waals surface area contributed by atoms with Gasteiger partial charge in [0, 0.05) is 18.4 Å². The van der Waals surface area contributed by atoms with Crippen LogP contribution in [0.25, 0.3) is 0 Å². The Morgan fingerprint density at radius 3 is 1.83 bits per heavy atom. The normalized spacial score (nSPS) is 22.2. The van der Waals surface area contributed by atoms with Crippen LogP contribution in [0.5, 0.6) is 0 Å². The van der Waals surface area contributed by atoms with Crippen molar-refractivity contribution in [3.05, 3.63) is 35.9 Å². The molecule has 35 heavy (non-hydrogen) atoms. The summed E-state index contributed by atoms with van der Waals surface area (Å²) in [6.45, 7) is 5.31. The van der Waals surface area contributed by atoms with Crippen LogP contribution in [-0.2, 0) is 20.2 Å². The van der Waals surface area contributed by atoms with Crippen LogP contribution < -0.4 is 4.89 Å². The van der Waals surface area contributed by atoms with E-state index >= 15 is 0 Å². The number of likely N-dealkylation sites (tertiary alicyclic amines) is 1. The van der Waals surface area contributed by atoms with Crippen LogP contribution in [0.4, 0.5) is 0 Å². The Labute approximate surface area is 215 Å². The van der Waals surface area contributed by atoms with Crippen molar-refractivity contribution in [1.82, 2.24) is 0 Å².